The number of benzene rings is 2. The Bertz CT molecular complexity index is 852. The Morgan fingerprint density at radius 1 is 1.08 bits per heavy atom. The van der Waals surface area contributed by atoms with Gasteiger partial charge in [0.1, 0.15) is 0 Å². The molecule has 2 aliphatic heterocycles. The van der Waals surface area contributed by atoms with E-state index in [0.717, 1.165) is 24.3 Å². The Kier molecular flexibility index (Phi) is 4.26. The van der Waals surface area contributed by atoms with Crippen molar-refractivity contribution in [2.24, 2.45) is 0 Å². The molecule has 3 amide bonds. The number of fused-ring (bicyclic) bond motifs is 1. The van der Waals surface area contributed by atoms with Crippen LogP contribution in [0.2, 0.25) is 0 Å². The molecule has 0 saturated carbocycles. The van der Waals surface area contributed by atoms with Gasteiger partial charge in [-0.05, 0) is 43.2 Å². The van der Waals surface area contributed by atoms with E-state index < -0.39 is 0 Å². The highest BCUT2D eigenvalue weighted by Crippen LogP contribution is 2.28. The van der Waals surface area contributed by atoms with Crippen LogP contribution in [0.3, 0.4) is 0 Å². The van der Waals surface area contributed by atoms with Gasteiger partial charge in [-0.1, -0.05) is 18.2 Å². The van der Waals surface area contributed by atoms with Crippen LogP contribution in [0.1, 0.15) is 43.9 Å². The highest BCUT2D eigenvalue weighted by atomic mass is 16.5. The largest absolute Gasteiger partial charge is 0.376 e. The molecular formula is C20H18N2O4. The monoisotopic (exact) mass is 350 g/mol. The van der Waals surface area contributed by atoms with Crippen LogP contribution in [0, 0.1) is 0 Å². The van der Waals surface area contributed by atoms with Gasteiger partial charge in [-0.3, -0.25) is 14.4 Å². The van der Waals surface area contributed by atoms with Crippen molar-refractivity contribution in [3.8, 4) is 0 Å². The average Bonchev–Trinajstić information content (AvgIpc) is 3.27. The molecule has 6 nitrogen and oxygen atoms in total. The summed E-state index contributed by atoms with van der Waals surface area (Å²) in [4.78, 5) is 38.7. The lowest BCUT2D eigenvalue weighted by Gasteiger charge is -2.15. The van der Waals surface area contributed by atoms with Crippen molar-refractivity contribution < 1.29 is 19.1 Å². The van der Waals surface area contributed by atoms with E-state index in [1.165, 1.54) is 0 Å². The first-order chi connectivity index (χ1) is 12.6. The zero-order valence-electron chi connectivity index (χ0n) is 14.1. The summed E-state index contributed by atoms with van der Waals surface area (Å²) >= 11 is 0. The molecule has 1 saturated heterocycles. The van der Waals surface area contributed by atoms with Crippen molar-refractivity contribution in [2.75, 3.05) is 18.1 Å². The lowest BCUT2D eigenvalue weighted by atomic mass is 10.1. The molecule has 1 unspecified atom stereocenters. The summed E-state index contributed by atoms with van der Waals surface area (Å²) in [6.07, 6.45) is 2.00. The third-order valence-corrected chi connectivity index (χ3v) is 4.67. The number of carbonyl (C=O) groups excluding carboxylic acids is 3. The van der Waals surface area contributed by atoms with E-state index in [1.54, 1.807) is 48.5 Å². The zero-order valence-corrected chi connectivity index (χ0v) is 14.1. The third-order valence-electron chi connectivity index (χ3n) is 4.67. The Morgan fingerprint density at radius 3 is 2.46 bits per heavy atom. The normalized spacial score (nSPS) is 18.9. The molecule has 1 atom stereocenters. The Morgan fingerprint density at radius 2 is 1.81 bits per heavy atom. The summed E-state index contributed by atoms with van der Waals surface area (Å²) in [7, 11) is 0. The highest BCUT2D eigenvalue weighted by molar-refractivity contribution is 6.34. The minimum absolute atomic E-state index is 0.0540. The molecular weight excluding hydrogens is 332 g/mol. The van der Waals surface area contributed by atoms with Crippen LogP contribution in [0.5, 0.6) is 0 Å². The SMILES string of the molecule is O=C(NCC1CCCO1)c1cccc(N2C(=O)c3ccccc3C2=O)c1. The molecule has 132 valence electrons. The molecule has 0 spiro atoms. The minimum Gasteiger partial charge on any atom is -0.376 e. The topological polar surface area (TPSA) is 75.7 Å². The van der Waals surface area contributed by atoms with Gasteiger partial charge in [-0.25, -0.2) is 4.90 Å². The van der Waals surface area contributed by atoms with E-state index in [1.807, 2.05) is 0 Å². The Balaban J connectivity index is 1.54. The van der Waals surface area contributed by atoms with E-state index in [0.29, 0.717) is 28.9 Å². The molecule has 2 aliphatic rings. The zero-order chi connectivity index (χ0) is 18.1. The summed E-state index contributed by atoms with van der Waals surface area (Å²) in [6, 6.07) is 13.3. The van der Waals surface area contributed by atoms with Crippen molar-refractivity contribution in [2.45, 2.75) is 18.9 Å². The molecule has 6 heteroatoms. The number of carbonyl (C=O) groups is 3. The van der Waals surface area contributed by atoms with Crippen LogP contribution in [-0.2, 0) is 4.74 Å². The number of imide groups is 1. The number of nitrogens with one attached hydrogen (secondary N) is 1. The number of hydrogen-bond donors (Lipinski definition) is 1. The van der Waals surface area contributed by atoms with Crippen LogP contribution in [0.15, 0.2) is 48.5 Å². The van der Waals surface area contributed by atoms with Gasteiger partial charge < -0.3 is 10.1 Å². The van der Waals surface area contributed by atoms with E-state index in [2.05, 4.69) is 5.32 Å². The molecule has 0 bridgehead atoms. The van der Waals surface area contributed by atoms with Gasteiger partial charge in [-0.2, -0.15) is 0 Å². The molecule has 2 heterocycles. The second-order valence-corrected chi connectivity index (χ2v) is 6.39. The van der Waals surface area contributed by atoms with Gasteiger partial charge in [0.05, 0.1) is 22.9 Å². The predicted octanol–water partition coefficient (Wildman–Crippen LogP) is 2.40. The van der Waals surface area contributed by atoms with Crippen molar-refractivity contribution in [3.63, 3.8) is 0 Å². The molecule has 0 radical (unpaired) electrons. The molecule has 0 aliphatic carbocycles. The molecule has 4 rings (SSSR count). The molecule has 0 aromatic heterocycles. The van der Waals surface area contributed by atoms with Crippen molar-refractivity contribution in [1.82, 2.24) is 5.32 Å². The molecule has 26 heavy (non-hydrogen) atoms. The number of rotatable bonds is 4. The molecule has 1 fully saturated rings. The molecule has 1 N–H and O–H groups in total. The molecule has 2 aromatic carbocycles. The fraction of sp³-hybridized carbons (Fsp3) is 0.250. The lowest BCUT2D eigenvalue weighted by molar-refractivity contribution is 0.0856. The second-order valence-electron chi connectivity index (χ2n) is 6.39. The second kappa shape index (κ2) is 6.72. The van der Waals surface area contributed by atoms with Gasteiger partial charge in [0.25, 0.3) is 17.7 Å². The number of amides is 3. The van der Waals surface area contributed by atoms with Gasteiger partial charge in [0.15, 0.2) is 0 Å². The maximum atomic E-state index is 12.6. The first kappa shape index (κ1) is 16.5. The van der Waals surface area contributed by atoms with Crippen molar-refractivity contribution in [3.05, 3.63) is 65.2 Å². The van der Waals surface area contributed by atoms with Crippen LogP contribution in [0.4, 0.5) is 5.69 Å². The van der Waals surface area contributed by atoms with E-state index in [9.17, 15) is 14.4 Å². The number of nitrogens with zero attached hydrogens (tertiary/aromatic N) is 1. The summed E-state index contributed by atoms with van der Waals surface area (Å²) < 4.78 is 5.50. The standard InChI is InChI=1S/C20H18N2O4/c23-18(21-12-15-7-4-10-26-15)13-5-3-6-14(11-13)22-19(24)16-8-1-2-9-17(16)20(22)25/h1-3,5-6,8-9,11,15H,4,7,10,12H2,(H,21,23). The van der Waals surface area contributed by atoms with E-state index in [-0.39, 0.29) is 23.8 Å². The van der Waals surface area contributed by atoms with Crippen LogP contribution in [-0.4, -0.2) is 37.0 Å². The lowest BCUT2D eigenvalue weighted by Crippen LogP contribution is -2.32. The fourth-order valence-corrected chi connectivity index (χ4v) is 3.32. The summed E-state index contributed by atoms with van der Waals surface area (Å²) in [5.41, 5.74) is 1.55. The van der Waals surface area contributed by atoms with E-state index in [4.69, 9.17) is 4.74 Å². The quantitative estimate of drug-likeness (QED) is 0.859. The maximum Gasteiger partial charge on any atom is 0.266 e. The van der Waals surface area contributed by atoms with Gasteiger partial charge in [-0.15, -0.1) is 0 Å². The van der Waals surface area contributed by atoms with Crippen LogP contribution < -0.4 is 10.2 Å². The summed E-state index contributed by atoms with van der Waals surface area (Å²) in [5.74, 6) is -0.996. The van der Waals surface area contributed by atoms with Crippen molar-refractivity contribution >= 4 is 23.4 Å². The van der Waals surface area contributed by atoms with Gasteiger partial charge in [0, 0.05) is 18.7 Å². The summed E-state index contributed by atoms with van der Waals surface area (Å²) in [5, 5.41) is 2.85. The first-order valence-electron chi connectivity index (χ1n) is 8.63. The third kappa shape index (κ3) is 2.88. The van der Waals surface area contributed by atoms with Crippen LogP contribution >= 0.6 is 0 Å². The fourth-order valence-electron chi connectivity index (χ4n) is 3.32. The Labute approximate surface area is 150 Å². The molecule has 2 aromatic rings. The van der Waals surface area contributed by atoms with Crippen LogP contribution in [0.25, 0.3) is 0 Å². The maximum absolute atomic E-state index is 12.6. The van der Waals surface area contributed by atoms with Gasteiger partial charge >= 0.3 is 0 Å². The Hall–Kier alpha value is -2.99. The van der Waals surface area contributed by atoms with Gasteiger partial charge in [0.2, 0.25) is 0 Å². The highest BCUT2D eigenvalue weighted by Gasteiger charge is 2.36. The summed E-state index contributed by atoms with van der Waals surface area (Å²) in [6.45, 7) is 1.19. The minimum atomic E-state index is -0.373. The average molecular weight is 350 g/mol. The first-order valence-corrected chi connectivity index (χ1v) is 8.63. The number of anilines is 1. The predicted molar refractivity (Wildman–Crippen MR) is 95.3 cm³/mol. The number of ether oxygens (including phenoxy) is 1. The smallest absolute Gasteiger partial charge is 0.266 e. The van der Waals surface area contributed by atoms with Crippen molar-refractivity contribution in [1.29, 1.82) is 0 Å². The van der Waals surface area contributed by atoms with E-state index >= 15 is 0 Å². The number of hydrogen-bond acceptors (Lipinski definition) is 4.